The highest BCUT2D eigenvalue weighted by Gasteiger charge is 2.16. The van der Waals surface area contributed by atoms with Gasteiger partial charge in [0.15, 0.2) is 0 Å². The fourth-order valence-electron chi connectivity index (χ4n) is 1.59. The number of allylic oxidation sites excluding steroid dienone is 1. The molecule has 0 heterocycles. The van der Waals surface area contributed by atoms with Crippen molar-refractivity contribution >= 4 is 11.8 Å². The molecule has 0 saturated carbocycles. The molecule has 0 atom stereocenters. The Labute approximate surface area is 122 Å². The third kappa shape index (κ3) is 10.4. The van der Waals surface area contributed by atoms with Gasteiger partial charge in [-0.25, -0.2) is 0 Å². The Kier molecular flexibility index (Phi) is 7.25. The van der Waals surface area contributed by atoms with Crippen LogP contribution in [0.4, 0.5) is 0 Å². The van der Waals surface area contributed by atoms with Gasteiger partial charge in [-0.05, 0) is 51.2 Å². The van der Waals surface area contributed by atoms with Gasteiger partial charge >= 0.3 is 0 Å². The van der Waals surface area contributed by atoms with E-state index in [4.69, 9.17) is 0 Å². The van der Waals surface area contributed by atoms with Crippen LogP contribution >= 0.6 is 0 Å². The molecular weight excluding hydrogens is 252 g/mol. The number of hydrogen-bond acceptors (Lipinski definition) is 2. The Morgan fingerprint density at radius 2 is 1.70 bits per heavy atom. The van der Waals surface area contributed by atoms with Crippen LogP contribution in [0.3, 0.4) is 0 Å². The third-order valence-corrected chi connectivity index (χ3v) is 2.72. The maximum atomic E-state index is 11.6. The molecule has 20 heavy (non-hydrogen) atoms. The van der Waals surface area contributed by atoms with Crippen molar-refractivity contribution in [1.29, 1.82) is 0 Å². The van der Waals surface area contributed by atoms with Crippen LogP contribution in [0.25, 0.3) is 0 Å². The van der Waals surface area contributed by atoms with Crippen LogP contribution in [0.5, 0.6) is 0 Å². The largest absolute Gasteiger partial charge is 0.353 e. The topological polar surface area (TPSA) is 58.2 Å². The molecule has 0 saturated heterocycles. The van der Waals surface area contributed by atoms with Crippen molar-refractivity contribution in [1.82, 2.24) is 10.6 Å². The van der Waals surface area contributed by atoms with Crippen LogP contribution in [0, 0.1) is 5.41 Å². The average Bonchev–Trinajstić information content (AvgIpc) is 2.25. The second-order valence-corrected chi connectivity index (χ2v) is 6.76. The Hall–Kier alpha value is -1.58. The van der Waals surface area contributed by atoms with Crippen molar-refractivity contribution in [2.75, 3.05) is 6.54 Å². The summed E-state index contributed by atoms with van der Waals surface area (Å²) < 4.78 is 0. The normalized spacial score (nSPS) is 12.2. The van der Waals surface area contributed by atoms with E-state index in [1.165, 1.54) is 6.08 Å². The van der Waals surface area contributed by atoms with Gasteiger partial charge in [0, 0.05) is 12.1 Å². The molecule has 0 fully saturated rings. The highest BCUT2D eigenvalue weighted by molar-refractivity contribution is 5.88. The van der Waals surface area contributed by atoms with Gasteiger partial charge in [0.2, 0.25) is 11.8 Å². The molecule has 0 aliphatic rings. The maximum Gasteiger partial charge on any atom is 0.244 e. The Morgan fingerprint density at radius 1 is 1.10 bits per heavy atom. The maximum absolute atomic E-state index is 11.6. The fraction of sp³-hybridized carbons (Fsp3) is 0.625. The predicted molar refractivity (Wildman–Crippen MR) is 83.3 cm³/mol. The van der Waals surface area contributed by atoms with Gasteiger partial charge in [0.25, 0.3) is 0 Å². The third-order valence-electron chi connectivity index (χ3n) is 2.72. The Bertz CT molecular complexity index is 376. The first-order valence-corrected chi connectivity index (χ1v) is 6.95. The second kappa shape index (κ2) is 7.88. The van der Waals surface area contributed by atoms with E-state index in [2.05, 4.69) is 31.1 Å². The lowest BCUT2D eigenvalue weighted by Crippen LogP contribution is -2.39. The zero-order valence-electron chi connectivity index (χ0n) is 13.4. The second-order valence-electron chi connectivity index (χ2n) is 6.76. The lowest BCUT2D eigenvalue weighted by molar-refractivity contribution is -0.118. The first kappa shape index (κ1) is 18.4. The highest BCUT2D eigenvalue weighted by atomic mass is 16.2. The zero-order chi connectivity index (χ0) is 15.8. The van der Waals surface area contributed by atoms with E-state index in [1.54, 1.807) is 6.08 Å². The van der Waals surface area contributed by atoms with Crippen LogP contribution in [0.1, 0.15) is 47.5 Å². The first-order chi connectivity index (χ1) is 9.06. The summed E-state index contributed by atoms with van der Waals surface area (Å²) in [6, 6.07) is 0. The number of carbonyl (C=O) groups excluding carboxylic acids is 2. The van der Waals surface area contributed by atoms with E-state index in [9.17, 15) is 9.59 Å². The monoisotopic (exact) mass is 280 g/mol. The summed E-state index contributed by atoms with van der Waals surface area (Å²) in [5.41, 5.74) is -0.182. The number of rotatable bonds is 7. The van der Waals surface area contributed by atoms with Gasteiger partial charge in [-0.3, -0.25) is 9.59 Å². The molecule has 2 N–H and O–H groups in total. The molecule has 0 unspecified atom stereocenters. The van der Waals surface area contributed by atoms with Crippen molar-refractivity contribution in [2.45, 2.75) is 53.0 Å². The molecule has 0 radical (unpaired) electrons. The van der Waals surface area contributed by atoms with Crippen molar-refractivity contribution in [3.05, 3.63) is 24.8 Å². The van der Waals surface area contributed by atoms with Gasteiger partial charge in [-0.15, -0.1) is 0 Å². The summed E-state index contributed by atoms with van der Waals surface area (Å²) >= 11 is 0. The van der Waals surface area contributed by atoms with Gasteiger partial charge in [-0.2, -0.15) is 0 Å². The van der Waals surface area contributed by atoms with Crippen LogP contribution in [0.2, 0.25) is 0 Å². The Morgan fingerprint density at radius 3 is 2.20 bits per heavy atom. The number of hydrogen-bond donors (Lipinski definition) is 2. The lowest BCUT2D eigenvalue weighted by Gasteiger charge is -2.23. The van der Waals surface area contributed by atoms with Crippen molar-refractivity contribution in [2.24, 2.45) is 5.41 Å². The molecule has 0 aromatic heterocycles. The summed E-state index contributed by atoms with van der Waals surface area (Å²) in [6.45, 7) is 14.1. The quantitative estimate of drug-likeness (QED) is 0.704. The number of carbonyl (C=O) groups is 2. The Balaban J connectivity index is 4.11. The fourth-order valence-corrected chi connectivity index (χ4v) is 1.59. The lowest BCUT2D eigenvalue weighted by atomic mass is 9.85. The standard InChI is InChI=1S/C16H28N2O2/c1-7-13(19)17-12-11-16(5,6)10-8-9-14(20)18-15(2,3)4/h7-9H,1,10-12H2,2-6H3,(H,17,19)(H,18,20)/b9-8-. The summed E-state index contributed by atoms with van der Waals surface area (Å²) in [6.07, 6.45) is 6.36. The SMILES string of the molecule is C=CC(=O)NCCC(C)(C)C/C=C\C(=O)NC(C)(C)C. The van der Waals surface area contributed by atoms with Crippen LogP contribution < -0.4 is 10.6 Å². The van der Waals surface area contributed by atoms with Crippen molar-refractivity contribution in [3.63, 3.8) is 0 Å². The van der Waals surface area contributed by atoms with E-state index in [-0.39, 0.29) is 22.8 Å². The summed E-state index contributed by atoms with van der Waals surface area (Å²) in [4.78, 5) is 22.7. The summed E-state index contributed by atoms with van der Waals surface area (Å²) in [7, 11) is 0. The smallest absolute Gasteiger partial charge is 0.244 e. The van der Waals surface area contributed by atoms with E-state index in [0.717, 1.165) is 12.8 Å². The highest BCUT2D eigenvalue weighted by Crippen LogP contribution is 2.24. The molecule has 2 amide bonds. The van der Waals surface area contributed by atoms with Gasteiger partial charge in [0.1, 0.15) is 0 Å². The van der Waals surface area contributed by atoms with Crippen LogP contribution in [-0.4, -0.2) is 23.9 Å². The van der Waals surface area contributed by atoms with E-state index in [1.807, 2.05) is 26.8 Å². The molecular formula is C16H28N2O2. The number of nitrogens with one attached hydrogen (secondary N) is 2. The van der Waals surface area contributed by atoms with Gasteiger partial charge < -0.3 is 10.6 Å². The van der Waals surface area contributed by atoms with E-state index < -0.39 is 0 Å². The minimum atomic E-state index is -0.216. The molecule has 4 heteroatoms. The first-order valence-electron chi connectivity index (χ1n) is 6.95. The van der Waals surface area contributed by atoms with Gasteiger partial charge in [0.05, 0.1) is 0 Å². The molecule has 4 nitrogen and oxygen atoms in total. The minimum Gasteiger partial charge on any atom is -0.353 e. The summed E-state index contributed by atoms with van der Waals surface area (Å²) in [5, 5.41) is 5.64. The van der Waals surface area contributed by atoms with Gasteiger partial charge in [-0.1, -0.05) is 26.5 Å². The minimum absolute atomic E-state index is 0.0347. The average molecular weight is 280 g/mol. The molecule has 0 aromatic rings. The predicted octanol–water partition coefficient (Wildman–Crippen LogP) is 2.57. The van der Waals surface area contributed by atoms with E-state index >= 15 is 0 Å². The van der Waals surface area contributed by atoms with Crippen LogP contribution in [-0.2, 0) is 9.59 Å². The van der Waals surface area contributed by atoms with Crippen LogP contribution in [0.15, 0.2) is 24.8 Å². The number of amides is 2. The molecule has 114 valence electrons. The molecule has 0 rings (SSSR count). The molecule has 0 spiro atoms. The molecule has 0 bridgehead atoms. The molecule has 0 aromatic carbocycles. The zero-order valence-corrected chi connectivity index (χ0v) is 13.4. The summed E-state index contributed by atoms with van der Waals surface area (Å²) in [5.74, 6) is -0.228. The van der Waals surface area contributed by atoms with Crippen molar-refractivity contribution < 1.29 is 9.59 Å². The molecule has 0 aliphatic heterocycles. The van der Waals surface area contributed by atoms with Crippen molar-refractivity contribution in [3.8, 4) is 0 Å². The molecule has 0 aliphatic carbocycles. The van der Waals surface area contributed by atoms with E-state index in [0.29, 0.717) is 6.54 Å².